The second-order valence-electron chi connectivity index (χ2n) is 4.72. The number of rotatable bonds is 5. The Labute approximate surface area is 126 Å². The zero-order valence-electron chi connectivity index (χ0n) is 11.5. The first-order valence-corrected chi connectivity index (χ1v) is 7.04. The molecule has 2 rings (SSSR count). The first-order chi connectivity index (χ1) is 10.0. The standard InChI is InChI=1S/C16H15ClF3N/c1-2-5-21-9-10-6-11(17)3-4-12(10)13-7-15(19)16(20)8-14(13)18/h3-4,6-8,21H,2,5,9H2,1H3. The lowest BCUT2D eigenvalue weighted by atomic mass is 9.98. The Morgan fingerprint density at radius 2 is 1.67 bits per heavy atom. The summed E-state index contributed by atoms with van der Waals surface area (Å²) >= 11 is 5.96. The maximum atomic E-state index is 13.9. The molecule has 0 unspecified atom stereocenters. The van der Waals surface area contributed by atoms with E-state index >= 15 is 0 Å². The molecule has 0 aliphatic rings. The van der Waals surface area contributed by atoms with Crippen LogP contribution in [0.4, 0.5) is 13.2 Å². The molecule has 0 heterocycles. The van der Waals surface area contributed by atoms with Gasteiger partial charge in [-0.2, -0.15) is 0 Å². The van der Waals surface area contributed by atoms with Crippen molar-refractivity contribution < 1.29 is 13.2 Å². The lowest BCUT2D eigenvalue weighted by Gasteiger charge is -2.12. The summed E-state index contributed by atoms with van der Waals surface area (Å²) in [6.07, 6.45) is 0.954. The number of hydrogen-bond acceptors (Lipinski definition) is 1. The fraction of sp³-hybridized carbons (Fsp3) is 0.250. The summed E-state index contributed by atoms with van der Waals surface area (Å²) in [6.45, 7) is 3.30. The van der Waals surface area contributed by atoms with E-state index in [4.69, 9.17) is 11.6 Å². The SMILES string of the molecule is CCCNCc1cc(Cl)ccc1-c1cc(F)c(F)cc1F. The lowest BCUT2D eigenvalue weighted by molar-refractivity contribution is 0.496. The number of nitrogens with one attached hydrogen (secondary N) is 1. The second kappa shape index (κ2) is 6.96. The van der Waals surface area contributed by atoms with Gasteiger partial charge in [0, 0.05) is 23.2 Å². The summed E-state index contributed by atoms with van der Waals surface area (Å²) in [4.78, 5) is 0. The zero-order valence-corrected chi connectivity index (χ0v) is 12.3. The lowest BCUT2D eigenvalue weighted by Crippen LogP contribution is -2.14. The van der Waals surface area contributed by atoms with E-state index in [1.807, 2.05) is 6.92 Å². The van der Waals surface area contributed by atoms with Crippen molar-refractivity contribution in [2.24, 2.45) is 0 Å². The fourth-order valence-corrected chi connectivity index (χ4v) is 2.29. The third-order valence-corrected chi connectivity index (χ3v) is 3.34. The molecule has 1 N–H and O–H groups in total. The summed E-state index contributed by atoms with van der Waals surface area (Å²) in [5.74, 6) is -3.07. The van der Waals surface area contributed by atoms with Crippen LogP contribution in [-0.2, 0) is 6.54 Å². The van der Waals surface area contributed by atoms with Crippen molar-refractivity contribution in [2.45, 2.75) is 19.9 Å². The van der Waals surface area contributed by atoms with E-state index in [-0.39, 0.29) is 5.56 Å². The average Bonchev–Trinajstić information content (AvgIpc) is 2.44. The van der Waals surface area contributed by atoms with Crippen LogP contribution in [0.2, 0.25) is 5.02 Å². The molecule has 5 heteroatoms. The van der Waals surface area contributed by atoms with Gasteiger partial charge >= 0.3 is 0 Å². The normalized spacial score (nSPS) is 10.9. The number of hydrogen-bond donors (Lipinski definition) is 1. The van der Waals surface area contributed by atoms with Crippen LogP contribution in [0.3, 0.4) is 0 Å². The van der Waals surface area contributed by atoms with Crippen LogP contribution in [0.25, 0.3) is 11.1 Å². The largest absolute Gasteiger partial charge is 0.313 e. The molecule has 0 aromatic heterocycles. The van der Waals surface area contributed by atoms with Gasteiger partial charge in [0.2, 0.25) is 0 Å². The third-order valence-electron chi connectivity index (χ3n) is 3.11. The smallest absolute Gasteiger partial charge is 0.161 e. The first kappa shape index (κ1) is 15.9. The van der Waals surface area contributed by atoms with Crippen molar-refractivity contribution in [1.29, 1.82) is 0 Å². The highest BCUT2D eigenvalue weighted by molar-refractivity contribution is 6.30. The molecule has 0 bridgehead atoms. The third kappa shape index (κ3) is 3.77. The molecule has 0 saturated heterocycles. The van der Waals surface area contributed by atoms with E-state index in [2.05, 4.69) is 5.32 Å². The van der Waals surface area contributed by atoms with Crippen molar-refractivity contribution >= 4 is 11.6 Å². The minimum absolute atomic E-state index is 0.0267. The van der Waals surface area contributed by atoms with Crippen molar-refractivity contribution in [3.63, 3.8) is 0 Å². The van der Waals surface area contributed by atoms with Crippen LogP contribution in [-0.4, -0.2) is 6.54 Å². The van der Waals surface area contributed by atoms with Crippen LogP contribution < -0.4 is 5.32 Å². The van der Waals surface area contributed by atoms with E-state index < -0.39 is 17.5 Å². The summed E-state index contributed by atoms with van der Waals surface area (Å²) < 4.78 is 40.3. The topological polar surface area (TPSA) is 12.0 Å². The summed E-state index contributed by atoms with van der Waals surface area (Å²) in [7, 11) is 0. The zero-order chi connectivity index (χ0) is 15.4. The molecule has 0 fully saturated rings. The van der Waals surface area contributed by atoms with Crippen LogP contribution in [0.15, 0.2) is 30.3 Å². The summed E-state index contributed by atoms with van der Waals surface area (Å²) in [6, 6.07) is 6.34. The van der Waals surface area contributed by atoms with E-state index in [0.717, 1.165) is 24.6 Å². The van der Waals surface area contributed by atoms with Crippen LogP contribution in [0, 0.1) is 17.5 Å². The number of halogens is 4. The van der Waals surface area contributed by atoms with Gasteiger partial charge in [0.25, 0.3) is 0 Å². The van der Waals surface area contributed by atoms with E-state index in [1.54, 1.807) is 18.2 Å². The Hall–Kier alpha value is -1.52. The van der Waals surface area contributed by atoms with Crippen molar-refractivity contribution in [3.05, 3.63) is 58.4 Å². The Balaban J connectivity index is 2.45. The van der Waals surface area contributed by atoms with Crippen LogP contribution in [0.5, 0.6) is 0 Å². The monoisotopic (exact) mass is 313 g/mol. The van der Waals surface area contributed by atoms with Crippen molar-refractivity contribution in [3.8, 4) is 11.1 Å². The Morgan fingerprint density at radius 1 is 0.952 bits per heavy atom. The molecule has 0 atom stereocenters. The minimum Gasteiger partial charge on any atom is -0.313 e. The van der Waals surface area contributed by atoms with Gasteiger partial charge in [-0.3, -0.25) is 0 Å². The molecule has 0 aliphatic carbocycles. The van der Waals surface area contributed by atoms with Gasteiger partial charge in [0.05, 0.1) is 0 Å². The average molecular weight is 314 g/mol. The fourth-order valence-electron chi connectivity index (χ4n) is 2.10. The molecular formula is C16H15ClF3N. The van der Waals surface area contributed by atoms with Gasteiger partial charge in [0.15, 0.2) is 11.6 Å². The second-order valence-corrected chi connectivity index (χ2v) is 5.16. The Kier molecular flexibility index (Phi) is 5.26. The van der Waals surface area contributed by atoms with Gasteiger partial charge in [-0.1, -0.05) is 24.6 Å². The highest BCUT2D eigenvalue weighted by atomic mass is 35.5. The molecule has 112 valence electrons. The Bertz CT molecular complexity index is 644. The van der Waals surface area contributed by atoms with Crippen molar-refractivity contribution in [1.82, 2.24) is 5.32 Å². The first-order valence-electron chi connectivity index (χ1n) is 6.67. The summed E-state index contributed by atoms with van der Waals surface area (Å²) in [5.41, 5.74) is 1.26. The van der Waals surface area contributed by atoms with E-state index in [0.29, 0.717) is 23.2 Å². The van der Waals surface area contributed by atoms with Gasteiger partial charge in [-0.05, 0) is 42.3 Å². The van der Waals surface area contributed by atoms with Gasteiger partial charge in [-0.25, -0.2) is 13.2 Å². The number of benzene rings is 2. The molecule has 2 aromatic carbocycles. The van der Waals surface area contributed by atoms with Gasteiger partial charge in [-0.15, -0.1) is 0 Å². The maximum Gasteiger partial charge on any atom is 0.161 e. The molecule has 0 radical (unpaired) electrons. The maximum absolute atomic E-state index is 13.9. The minimum atomic E-state index is -1.20. The van der Waals surface area contributed by atoms with E-state index in [1.165, 1.54) is 0 Å². The van der Waals surface area contributed by atoms with Crippen LogP contribution in [0.1, 0.15) is 18.9 Å². The molecule has 21 heavy (non-hydrogen) atoms. The molecule has 1 nitrogen and oxygen atoms in total. The molecular weight excluding hydrogens is 299 g/mol. The summed E-state index contributed by atoms with van der Waals surface area (Å²) in [5, 5.41) is 3.69. The van der Waals surface area contributed by atoms with Crippen molar-refractivity contribution in [2.75, 3.05) is 6.54 Å². The molecule has 0 saturated carbocycles. The predicted octanol–water partition coefficient (Wildman–Crippen LogP) is 4.92. The predicted molar refractivity (Wildman–Crippen MR) is 78.8 cm³/mol. The molecule has 2 aromatic rings. The molecule has 0 aliphatic heterocycles. The van der Waals surface area contributed by atoms with Crippen LogP contribution >= 0.6 is 11.6 Å². The van der Waals surface area contributed by atoms with E-state index in [9.17, 15) is 13.2 Å². The van der Waals surface area contributed by atoms with Gasteiger partial charge < -0.3 is 5.32 Å². The molecule has 0 spiro atoms. The quantitative estimate of drug-likeness (QED) is 0.610. The molecule has 0 amide bonds. The Morgan fingerprint density at radius 3 is 2.38 bits per heavy atom. The highest BCUT2D eigenvalue weighted by Gasteiger charge is 2.14. The van der Waals surface area contributed by atoms with Gasteiger partial charge in [0.1, 0.15) is 5.82 Å². The highest BCUT2D eigenvalue weighted by Crippen LogP contribution is 2.30.